The Morgan fingerprint density at radius 2 is 1.41 bits per heavy atom. The van der Waals surface area contributed by atoms with E-state index in [4.69, 9.17) is 0 Å². The van der Waals surface area contributed by atoms with E-state index < -0.39 is 15.6 Å². The summed E-state index contributed by atoms with van der Waals surface area (Å²) in [6, 6.07) is 3.01. The van der Waals surface area contributed by atoms with Gasteiger partial charge in [-0.15, -0.1) is 0 Å². The number of sulfonamides is 1. The second-order valence-corrected chi connectivity index (χ2v) is 7.09. The van der Waals surface area contributed by atoms with Crippen LogP contribution < -0.4 is 10.3 Å². The minimum atomic E-state index is -3.83. The fourth-order valence-corrected chi connectivity index (χ4v) is 4.23. The molecule has 6 heteroatoms. The minimum absolute atomic E-state index is 0.0113. The van der Waals surface area contributed by atoms with Gasteiger partial charge < -0.3 is 4.98 Å². The Hall–Kier alpha value is -2.08. The summed E-state index contributed by atoms with van der Waals surface area (Å²) in [7, 11) is -3.83. The third kappa shape index (κ3) is 2.66. The van der Waals surface area contributed by atoms with Crippen LogP contribution in [0.15, 0.2) is 28.0 Å². The quantitative estimate of drug-likeness (QED) is 0.912. The Labute approximate surface area is 130 Å². The Bertz CT molecular complexity index is 867. The predicted octanol–water partition coefficient (Wildman–Crippen LogP) is 2.72. The topological polar surface area (TPSA) is 79.0 Å². The molecule has 0 spiro atoms. The third-order valence-electron chi connectivity index (χ3n) is 4.26. The summed E-state index contributed by atoms with van der Waals surface area (Å²) >= 11 is 0. The smallest absolute Gasteiger partial charge is 0.272 e. The van der Waals surface area contributed by atoms with Crippen molar-refractivity contribution in [2.75, 3.05) is 4.72 Å². The van der Waals surface area contributed by atoms with Gasteiger partial charge in [-0.3, -0.25) is 9.52 Å². The van der Waals surface area contributed by atoms with Crippen molar-refractivity contribution >= 4 is 15.7 Å². The molecule has 0 fully saturated rings. The molecule has 0 aliphatic rings. The van der Waals surface area contributed by atoms with Gasteiger partial charge in [-0.1, -0.05) is 0 Å². The van der Waals surface area contributed by atoms with E-state index in [0.29, 0.717) is 11.1 Å². The molecule has 1 heterocycles. The fourth-order valence-electron chi connectivity index (χ4n) is 2.57. The van der Waals surface area contributed by atoms with Gasteiger partial charge in [-0.25, -0.2) is 8.42 Å². The number of aromatic nitrogens is 1. The first-order chi connectivity index (χ1) is 10.2. The van der Waals surface area contributed by atoms with E-state index in [1.165, 1.54) is 12.3 Å². The Morgan fingerprint density at radius 3 is 1.91 bits per heavy atom. The summed E-state index contributed by atoms with van der Waals surface area (Å²) < 4.78 is 27.9. The normalized spacial score (nSPS) is 11.5. The van der Waals surface area contributed by atoms with Crippen molar-refractivity contribution in [1.82, 2.24) is 4.98 Å². The van der Waals surface area contributed by atoms with Crippen molar-refractivity contribution in [3.63, 3.8) is 0 Å². The molecule has 0 bridgehead atoms. The van der Waals surface area contributed by atoms with Crippen LogP contribution in [0.5, 0.6) is 0 Å². The maximum atomic E-state index is 12.7. The van der Waals surface area contributed by atoms with E-state index in [1.54, 1.807) is 19.9 Å². The summed E-state index contributed by atoms with van der Waals surface area (Å²) in [6.07, 6.45) is 1.46. The van der Waals surface area contributed by atoms with Crippen molar-refractivity contribution in [2.24, 2.45) is 0 Å². The molecule has 22 heavy (non-hydrogen) atoms. The van der Waals surface area contributed by atoms with Gasteiger partial charge in [0, 0.05) is 6.20 Å². The number of nitrogens with one attached hydrogen (secondary N) is 2. The number of benzene rings is 1. The molecule has 2 rings (SSSR count). The van der Waals surface area contributed by atoms with Crippen LogP contribution in [0.3, 0.4) is 0 Å². The average Bonchev–Trinajstić information content (AvgIpc) is 2.45. The van der Waals surface area contributed by atoms with Gasteiger partial charge in [0.2, 0.25) is 0 Å². The lowest BCUT2D eigenvalue weighted by Crippen LogP contribution is -2.22. The van der Waals surface area contributed by atoms with E-state index in [2.05, 4.69) is 9.71 Å². The highest BCUT2D eigenvalue weighted by molar-refractivity contribution is 7.92. The van der Waals surface area contributed by atoms with Crippen LogP contribution in [-0.2, 0) is 10.0 Å². The van der Waals surface area contributed by atoms with Crippen molar-refractivity contribution in [3.05, 3.63) is 56.5 Å². The number of hydrogen-bond acceptors (Lipinski definition) is 3. The molecule has 0 saturated heterocycles. The molecule has 0 atom stereocenters. The maximum absolute atomic E-state index is 12.7. The van der Waals surface area contributed by atoms with E-state index in [9.17, 15) is 13.2 Å². The number of anilines is 1. The van der Waals surface area contributed by atoms with Gasteiger partial charge >= 0.3 is 0 Å². The average molecular weight is 320 g/mol. The van der Waals surface area contributed by atoms with Gasteiger partial charge in [0.1, 0.15) is 5.69 Å². The van der Waals surface area contributed by atoms with Crippen LogP contribution in [0.1, 0.15) is 27.8 Å². The second-order valence-electron chi connectivity index (χ2n) is 5.47. The minimum Gasteiger partial charge on any atom is -0.327 e. The molecule has 0 unspecified atom stereocenters. The van der Waals surface area contributed by atoms with Crippen LogP contribution in [-0.4, -0.2) is 13.4 Å². The molecule has 0 saturated carbocycles. The number of pyridine rings is 1. The van der Waals surface area contributed by atoms with Crippen LogP contribution in [0.2, 0.25) is 0 Å². The highest BCUT2D eigenvalue weighted by Gasteiger charge is 2.24. The van der Waals surface area contributed by atoms with E-state index >= 15 is 0 Å². The summed E-state index contributed by atoms with van der Waals surface area (Å²) in [5.41, 5.74) is 3.95. The molecular formula is C16H20N2O3S. The van der Waals surface area contributed by atoms with Crippen LogP contribution in [0, 0.1) is 34.6 Å². The lowest BCUT2D eigenvalue weighted by molar-refractivity contribution is 0.599. The molecule has 2 N–H and O–H groups in total. The molecule has 118 valence electrons. The second kappa shape index (κ2) is 5.61. The van der Waals surface area contributed by atoms with Crippen molar-refractivity contribution in [1.29, 1.82) is 0 Å². The summed E-state index contributed by atoms with van der Waals surface area (Å²) in [5.74, 6) is 0. The largest absolute Gasteiger partial charge is 0.327 e. The molecule has 1 aromatic heterocycles. The van der Waals surface area contributed by atoms with Crippen molar-refractivity contribution in [3.8, 4) is 0 Å². The first kappa shape index (κ1) is 16.3. The molecule has 5 nitrogen and oxygen atoms in total. The van der Waals surface area contributed by atoms with Crippen molar-refractivity contribution < 1.29 is 8.42 Å². The number of H-pyrrole nitrogens is 1. The number of hydrogen-bond donors (Lipinski definition) is 2. The first-order valence-electron chi connectivity index (χ1n) is 6.94. The Kier molecular flexibility index (Phi) is 4.15. The SMILES string of the molecule is Cc1c(C)c(C)c(S(=O)(=O)Nc2ccc[nH]c2=O)c(C)c1C. The van der Waals surface area contributed by atoms with Crippen LogP contribution in [0.25, 0.3) is 0 Å². The third-order valence-corrected chi connectivity index (χ3v) is 5.90. The van der Waals surface area contributed by atoms with E-state index in [-0.39, 0.29) is 10.6 Å². The highest BCUT2D eigenvalue weighted by atomic mass is 32.2. The molecular weight excluding hydrogens is 300 g/mol. The zero-order valence-electron chi connectivity index (χ0n) is 13.4. The zero-order chi connectivity index (χ0) is 16.7. The molecule has 0 aliphatic heterocycles. The summed E-state index contributed by atoms with van der Waals surface area (Å²) in [6.45, 7) is 9.38. The summed E-state index contributed by atoms with van der Waals surface area (Å²) in [5, 5.41) is 0. The molecule has 1 aromatic carbocycles. The lowest BCUT2D eigenvalue weighted by Gasteiger charge is -2.19. The first-order valence-corrected chi connectivity index (χ1v) is 8.42. The molecule has 2 aromatic rings. The van der Waals surface area contributed by atoms with E-state index in [0.717, 1.165) is 16.7 Å². The maximum Gasteiger partial charge on any atom is 0.272 e. The van der Waals surface area contributed by atoms with Crippen LogP contribution in [0.4, 0.5) is 5.69 Å². The zero-order valence-corrected chi connectivity index (χ0v) is 14.2. The van der Waals surface area contributed by atoms with Gasteiger partial charge in [0.05, 0.1) is 4.90 Å². The van der Waals surface area contributed by atoms with Crippen LogP contribution >= 0.6 is 0 Å². The molecule has 0 aliphatic carbocycles. The summed E-state index contributed by atoms with van der Waals surface area (Å²) in [4.78, 5) is 14.4. The van der Waals surface area contributed by atoms with Gasteiger partial charge in [0.25, 0.3) is 15.6 Å². The standard InChI is InChI=1S/C16H20N2O3S/c1-9-10(2)12(4)15(13(5)11(9)3)22(20,21)18-14-7-6-8-17-16(14)19/h6-8,18H,1-5H3,(H,17,19). The predicted molar refractivity (Wildman–Crippen MR) is 88.0 cm³/mol. The fraction of sp³-hybridized carbons (Fsp3) is 0.312. The lowest BCUT2D eigenvalue weighted by atomic mass is 9.95. The van der Waals surface area contributed by atoms with Gasteiger partial charge in [0.15, 0.2) is 0 Å². The molecule has 0 radical (unpaired) electrons. The van der Waals surface area contributed by atoms with Gasteiger partial charge in [-0.2, -0.15) is 0 Å². The highest BCUT2D eigenvalue weighted by Crippen LogP contribution is 2.30. The van der Waals surface area contributed by atoms with Gasteiger partial charge in [-0.05, 0) is 74.6 Å². The number of aromatic amines is 1. The Balaban J connectivity index is 2.66. The number of rotatable bonds is 3. The van der Waals surface area contributed by atoms with E-state index in [1.807, 2.05) is 20.8 Å². The van der Waals surface area contributed by atoms with Crippen molar-refractivity contribution in [2.45, 2.75) is 39.5 Å². The monoisotopic (exact) mass is 320 g/mol. The molecule has 0 amide bonds. The Morgan fingerprint density at radius 1 is 0.909 bits per heavy atom.